The van der Waals surface area contributed by atoms with Gasteiger partial charge in [-0.15, -0.1) is 0 Å². The SMILES string of the molecule is CCCCCCCCC[P+](=O)Oc1ccccc1. The third-order valence-corrected chi connectivity index (χ3v) is 3.99. The Morgan fingerprint density at radius 2 is 1.56 bits per heavy atom. The number of para-hydroxylation sites is 1. The van der Waals surface area contributed by atoms with E-state index in [9.17, 15) is 4.57 Å². The van der Waals surface area contributed by atoms with Gasteiger partial charge in [-0.05, 0) is 29.5 Å². The Kier molecular flexibility index (Phi) is 8.50. The van der Waals surface area contributed by atoms with Gasteiger partial charge in [-0.1, -0.05) is 57.2 Å². The van der Waals surface area contributed by atoms with Crippen LogP contribution in [-0.2, 0) is 4.57 Å². The molecule has 0 saturated heterocycles. The van der Waals surface area contributed by atoms with E-state index in [1.165, 1.54) is 38.5 Å². The topological polar surface area (TPSA) is 26.3 Å². The summed E-state index contributed by atoms with van der Waals surface area (Å²) in [6, 6.07) is 9.41. The highest BCUT2D eigenvalue weighted by molar-refractivity contribution is 7.39. The third-order valence-electron chi connectivity index (χ3n) is 2.89. The lowest BCUT2D eigenvalue weighted by Gasteiger charge is -1.97. The van der Waals surface area contributed by atoms with Gasteiger partial charge in [0.1, 0.15) is 0 Å². The molecular formula is C15H24O2P+. The van der Waals surface area contributed by atoms with E-state index in [0.717, 1.165) is 6.42 Å². The molecule has 0 heterocycles. The summed E-state index contributed by atoms with van der Waals surface area (Å²) in [6.07, 6.45) is 9.39. The average Bonchev–Trinajstić information content (AvgIpc) is 2.39. The van der Waals surface area contributed by atoms with E-state index in [1.807, 2.05) is 30.3 Å². The number of unbranched alkanes of at least 4 members (excludes halogenated alkanes) is 6. The minimum Gasteiger partial charge on any atom is -0.254 e. The normalized spacial score (nSPS) is 11.3. The Hall–Kier alpha value is -0.880. The van der Waals surface area contributed by atoms with Crippen molar-refractivity contribution in [3.8, 4) is 5.75 Å². The Balaban J connectivity index is 2.00. The maximum absolute atomic E-state index is 11.7. The van der Waals surface area contributed by atoms with Crippen LogP contribution in [0.5, 0.6) is 5.75 Å². The molecule has 18 heavy (non-hydrogen) atoms. The van der Waals surface area contributed by atoms with Crippen LogP contribution in [0.15, 0.2) is 30.3 Å². The summed E-state index contributed by atoms with van der Waals surface area (Å²) in [4.78, 5) is 0. The second kappa shape index (κ2) is 10.1. The number of hydrogen-bond donors (Lipinski definition) is 0. The van der Waals surface area contributed by atoms with Crippen molar-refractivity contribution in [1.29, 1.82) is 0 Å². The van der Waals surface area contributed by atoms with Crippen LogP contribution < -0.4 is 4.52 Å². The lowest BCUT2D eigenvalue weighted by Crippen LogP contribution is -1.87. The lowest BCUT2D eigenvalue weighted by atomic mass is 10.1. The van der Waals surface area contributed by atoms with Crippen molar-refractivity contribution < 1.29 is 9.09 Å². The largest absolute Gasteiger partial charge is 0.556 e. The van der Waals surface area contributed by atoms with Crippen molar-refractivity contribution in [2.24, 2.45) is 0 Å². The predicted molar refractivity (Wildman–Crippen MR) is 77.5 cm³/mol. The van der Waals surface area contributed by atoms with Crippen LogP contribution in [0.25, 0.3) is 0 Å². The summed E-state index contributed by atoms with van der Waals surface area (Å²) in [5, 5.41) is 0. The predicted octanol–water partition coefficient (Wildman–Crippen LogP) is 5.56. The first-order valence-corrected chi connectivity index (χ1v) is 8.37. The molecule has 1 rings (SSSR count). The highest BCUT2D eigenvalue weighted by atomic mass is 31.1. The van der Waals surface area contributed by atoms with Crippen LogP contribution in [0, 0.1) is 0 Å². The van der Waals surface area contributed by atoms with Crippen LogP contribution in [0.3, 0.4) is 0 Å². The van der Waals surface area contributed by atoms with Crippen molar-refractivity contribution in [2.75, 3.05) is 6.16 Å². The number of benzene rings is 1. The molecule has 1 aromatic carbocycles. The molecule has 1 atom stereocenters. The van der Waals surface area contributed by atoms with E-state index >= 15 is 0 Å². The fourth-order valence-electron chi connectivity index (χ4n) is 1.84. The van der Waals surface area contributed by atoms with E-state index < -0.39 is 8.03 Å². The second-order valence-electron chi connectivity index (χ2n) is 4.58. The first-order valence-electron chi connectivity index (χ1n) is 7.00. The Bertz CT molecular complexity index is 325. The summed E-state index contributed by atoms with van der Waals surface area (Å²) in [6.45, 7) is 2.23. The maximum Gasteiger partial charge on any atom is 0.556 e. The van der Waals surface area contributed by atoms with Gasteiger partial charge in [0.25, 0.3) is 0 Å². The molecule has 0 saturated carbocycles. The van der Waals surface area contributed by atoms with Gasteiger partial charge < -0.3 is 0 Å². The molecule has 0 radical (unpaired) electrons. The summed E-state index contributed by atoms with van der Waals surface area (Å²) in [7, 11) is -1.53. The van der Waals surface area contributed by atoms with E-state index in [-0.39, 0.29) is 0 Å². The van der Waals surface area contributed by atoms with Crippen molar-refractivity contribution in [3.63, 3.8) is 0 Å². The van der Waals surface area contributed by atoms with Gasteiger partial charge in [-0.2, -0.15) is 0 Å². The van der Waals surface area contributed by atoms with E-state index in [0.29, 0.717) is 11.9 Å². The zero-order valence-corrected chi connectivity index (χ0v) is 12.2. The highest BCUT2D eigenvalue weighted by Crippen LogP contribution is 2.27. The second-order valence-corrected chi connectivity index (χ2v) is 5.88. The standard InChI is InChI=1S/C15H24O2P/c1-2-3-4-5-6-7-11-14-18(16)17-15-12-9-8-10-13-15/h8-10,12-13H,2-7,11,14H2,1H3/q+1. The molecule has 0 spiro atoms. The molecule has 0 bridgehead atoms. The Morgan fingerprint density at radius 1 is 0.944 bits per heavy atom. The molecule has 1 unspecified atom stereocenters. The minimum atomic E-state index is -1.53. The highest BCUT2D eigenvalue weighted by Gasteiger charge is 2.17. The van der Waals surface area contributed by atoms with Crippen LogP contribution in [0.2, 0.25) is 0 Å². The molecule has 100 valence electrons. The molecule has 0 aliphatic rings. The van der Waals surface area contributed by atoms with E-state index in [1.54, 1.807) is 0 Å². The zero-order chi connectivity index (χ0) is 13.1. The fourth-order valence-corrected chi connectivity index (χ4v) is 2.77. The summed E-state index contributed by atoms with van der Waals surface area (Å²) >= 11 is 0. The van der Waals surface area contributed by atoms with Crippen LogP contribution in [0.1, 0.15) is 51.9 Å². The van der Waals surface area contributed by atoms with Gasteiger partial charge in [0.05, 0.1) is 0 Å². The van der Waals surface area contributed by atoms with Gasteiger partial charge in [0, 0.05) is 0 Å². The molecule has 0 aliphatic carbocycles. The van der Waals surface area contributed by atoms with Gasteiger partial charge in [-0.25, -0.2) is 0 Å². The molecule has 0 N–H and O–H groups in total. The summed E-state index contributed by atoms with van der Waals surface area (Å²) in [5.41, 5.74) is 0. The quantitative estimate of drug-likeness (QED) is 0.410. The zero-order valence-electron chi connectivity index (χ0n) is 11.3. The molecule has 0 aromatic heterocycles. The number of hydrogen-bond acceptors (Lipinski definition) is 2. The van der Waals surface area contributed by atoms with E-state index in [4.69, 9.17) is 4.52 Å². The smallest absolute Gasteiger partial charge is 0.254 e. The van der Waals surface area contributed by atoms with Crippen molar-refractivity contribution in [3.05, 3.63) is 30.3 Å². The fraction of sp³-hybridized carbons (Fsp3) is 0.600. The molecule has 0 fully saturated rings. The van der Waals surface area contributed by atoms with E-state index in [2.05, 4.69) is 6.92 Å². The minimum absolute atomic E-state index is 0.679. The molecule has 0 amide bonds. The van der Waals surface area contributed by atoms with Crippen LogP contribution in [-0.4, -0.2) is 6.16 Å². The van der Waals surface area contributed by atoms with Gasteiger partial charge in [0.15, 0.2) is 11.9 Å². The lowest BCUT2D eigenvalue weighted by molar-refractivity contribution is 0.500. The van der Waals surface area contributed by atoms with Crippen LogP contribution in [0.4, 0.5) is 0 Å². The third kappa shape index (κ3) is 7.45. The molecule has 1 aromatic rings. The first-order chi connectivity index (χ1) is 8.83. The average molecular weight is 267 g/mol. The first kappa shape index (κ1) is 15.2. The van der Waals surface area contributed by atoms with Gasteiger partial charge in [0.2, 0.25) is 0 Å². The summed E-state index contributed by atoms with van der Waals surface area (Å²) < 4.78 is 17.0. The molecular weight excluding hydrogens is 243 g/mol. The molecule has 2 nitrogen and oxygen atoms in total. The van der Waals surface area contributed by atoms with Gasteiger partial charge in [-0.3, -0.25) is 4.52 Å². The Morgan fingerprint density at radius 3 is 2.22 bits per heavy atom. The molecule has 0 aliphatic heterocycles. The van der Waals surface area contributed by atoms with Crippen molar-refractivity contribution in [2.45, 2.75) is 51.9 Å². The van der Waals surface area contributed by atoms with Crippen LogP contribution >= 0.6 is 8.03 Å². The summed E-state index contributed by atoms with van der Waals surface area (Å²) in [5.74, 6) is 0.710. The molecule has 3 heteroatoms. The van der Waals surface area contributed by atoms with Crippen molar-refractivity contribution in [1.82, 2.24) is 0 Å². The van der Waals surface area contributed by atoms with Crippen molar-refractivity contribution >= 4 is 8.03 Å². The number of rotatable bonds is 10. The maximum atomic E-state index is 11.7. The Labute approximate surface area is 112 Å². The van der Waals surface area contributed by atoms with Gasteiger partial charge >= 0.3 is 8.03 Å². The monoisotopic (exact) mass is 267 g/mol.